The Morgan fingerprint density at radius 3 is 2.65 bits per heavy atom. The molecule has 1 heterocycles. The van der Waals surface area contributed by atoms with Gasteiger partial charge in [-0.25, -0.2) is 0 Å². The molecule has 2 aromatic rings. The van der Waals surface area contributed by atoms with E-state index in [-0.39, 0.29) is 18.4 Å². The third kappa shape index (κ3) is 3.88. The number of benzene rings is 2. The topological polar surface area (TPSA) is 85.9 Å². The van der Waals surface area contributed by atoms with E-state index in [1.165, 1.54) is 0 Å². The van der Waals surface area contributed by atoms with Crippen LogP contribution in [0.5, 0.6) is 17.2 Å². The van der Waals surface area contributed by atoms with Crippen LogP contribution in [0.2, 0.25) is 0 Å². The number of nitrogens with one attached hydrogen (secondary N) is 2. The second-order valence-electron chi connectivity index (χ2n) is 5.53. The molecule has 26 heavy (non-hydrogen) atoms. The van der Waals surface area contributed by atoms with Crippen LogP contribution in [0.15, 0.2) is 36.4 Å². The number of carbonyl (C=O) groups excluding carboxylic acids is 2. The monoisotopic (exact) mass is 356 g/mol. The van der Waals surface area contributed by atoms with Gasteiger partial charge in [0.1, 0.15) is 5.75 Å². The Labute approximate surface area is 151 Å². The van der Waals surface area contributed by atoms with E-state index in [2.05, 4.69) is 10.6 Å². The van der Waals surface area contributed by atoms with Crippen molar-refractivity contribution in [3.05, 3.63) is 42.0 Å². The molecule has 0 unspecified atom stereocenters. The van der Waals surface area contributed by atoms with Crippen molar-refractivity contribution in [2.45, 2.75) is 13.8 Å². The quantitative estimate of drug-likeness (QED) is 0.831. The summed E-state index contributed by atoms with van der Waals surface area (Å²) in [4.78, 5) is 23.9. The number of fused-ring (bicyclic) bond motifs is 1. The maximum atomic E-state index is 12.5. The summed E-state index contributed by atoms with van der Waals surface area (Å²) >= 11 is 0. The Bertz CT molecular complexity index is 835. The van der Waals surface area contributed by atoms with Crippen molar-refractivity contribution in [1.82, 2.24) is 0 Å². The fraction of sp³-hybridized carbons (Fsp3) is 0.263. The molecule has 2 N–H and O–H groups in total. The van der Waals surface area contributed by atoms with Crippen molar-refractivity contribution in [1.29, 1.82) is 0 Å². The summed E-state index contributed by atoms with van der Waals surface area (Å²) in [5.41, 5.74) is 1.47. The maximum Gasteiger partial charge on any atom is 0.262 e. The van der Waals surface area contributed by atoms with Crippen LogP contribution in [0.1, 0.15) is 24.2 Å². The largest absolute Gasteiger partial charge is 0.490 e. The summed E-state index contributed by atoms with van der Waals surface area (Å²) < 4.78 is 16.4. The molecule has 0 bridgehead atoms. The first-order valence-electron chi connectivity index (χ1n) is 8.38. The van der Waals surface area contributed by atoms with E-state index >= 15 is 0 Å². The smallest absolute Gasteiger partial charge is 0.262 e. The van der Waals surface area contributed by atoms with Crippen LogP contribution in [0, 0.1) is 0 Å². The molecule has 2 aromatic carbocycles. The van der Waals surface area contributed by atoms with Gasteiger partial charge in [0.2, 0.25) is 0 Å². The van der Waals surface area contributed by atoms with Gasteiger partial charge in [0.25, 0.3) is 11.8 Å². The highest BCUT2D eigenvalue weighted by atomic mass is 16.5. The molecule has 0 spiro atoms. The lowest BCUT2D eigenvalue weighted by molar-refractivity contribution is -0.118. The van der Waals surface area contributed by atoms with Gasteiger partial charge >= 0.3 is 0 Å². The first-order chi connectivity index (χ1) is 12.6. The molecule has 3 rings (SSSR count). The Morgan fingerprint density at radius 1 is 1.12 bits per heavy atom. The maximum absolute atomic E-state index is 12.5. The van der Waals surface area contributed by atoms with Crippen LogP contribution in [0.3, 0.4) is 0 Å². The number of amides is 2. The molecular weight excluding hydrogens is 336 g/mol. The zero-order chi connectivity index (χ0) is 18.5. The van der Waals surface area contributed by atoms with E-state index in [0.717, 1.165) is 0 Å². The summed E-state index contributed by atoms with van der Waals surface area (Å²) in [6.07, 6.45) is 0. The Kier molecular flexibility index (Phi) is 5.26. The van der Waals surface area contributed by atoms with Gasteiger partial charge in [-0.05, 0) is 44.2 Å². The van der Waals surface area contributed by atoms with E-state index in [1.807, 2.05) is 13.8 Å². The predicted molar refractivity (Wildman–Crippen MR) is 97.3 cm³/mol. The highest BCUT2D eigenvalue weighted by molar-refractivity contribution is 6.06. The summed E-state index contributed by atoms with van der Waals surface area (Å²) in [6, 6.07) is 10.1. The second kappa shape index (κ2) is 7.77. The van der Waals surface area contributed by atoms with Gasteiger partial charge < -0.3 is 24.8 Å². The van der Waals surface area contributed by atoms with Crippen molar-refractivity contribution in [3.63, 3.8) is 0 Å². The molecule has 0 fully saturated rings. The first kappa shape index (κ1) is 17.6. The Hall–Kier alpha value is -3.22. The molecule has 1 aliphatic rings. The van der Waals surface area contributed by atoms with Gasteiger partial charge in [0.15, 0.2) is 18.1 Å². The highest BCUT2D eigenvalue weighted by Crippen LogP contribution is 2.32. The molecule has 0 radical (unpaired) electrons. The minimum absolute atomic E-state index is 0.0229. The lowest BCUT2D eigenvalue weighted by atomic mass is 10.1. The van der Waals surface area contributed by atoms with Crippen LogP contribution in [-0.4, -0.2) is 31.6 Å². The molecule has 2 amide bonds. The first-order valence-corrected chi connectivity index (χ1v) is 8.38. The Morgan fingerprint density at radius 2 is 1.88 bits per heavy atom. The van der Waals surface area contributed by atoms with E-state index in [1.54, 1.807) is 36.4 Å². The zero-order valence-electron chi connectivity index (χ0n) is 14.6. The average Bonchev–Trinajstić information content (AvgIpc) is 2.63. The van der Waals surface area contributed by atoms with Crippen molar-refractivity contribution in [2.75, 3.05) is 30.5 Å². The number of hydrogen-bond acceptors (Lipinski definition) is 5. The third-order valence-corrected chi connectivity index (χ3v) is 3.68. The lowest BCUT2D eigenvalue weighted by Gasteiger charge is -2.18. The molecule has 0 saturated heterocycles. The summed E-state index contributed by atoms with van der Waals surface area (Å²) in [5.74, 6) is 1.18. The SMILES string of the molecule is CCOc1ccc(NC(=O)c2ccc3c(c2)NC(=O)CO3)cc1OCC. The van der Waals surface area contributed by atoms with Gasteiger partial charge in [0.05, 0.1) is 18.9 Å². The van der Waals surface area contributed by atoms with Crippen molar-refractivity contribution in [3.8, 4) is 17.2 Å². The van der Waals surface area contributed by atoms with Crippen LogP contribution >= 0.6 is 0 Å². The van der Waals surface area contributed by atoms with Crippen LogP contribution in [0.4, 0.5) is 11.4 Å². The molecule has 0 saturated carbocycles. The lowest BCUT2D eigenvalue weighted by Crippen LogP contribution is -2.25. The number of carbonyl (C=O) groups is 2. The molecule has 0 aromatic heterocycles. The molecule has 7 nitrogen and oxygen atoms in total. The van der Waals surface area contributed by atoms with Gasteiger partial charge in [0, 0.05) is 17.3 Å². The normalized spacial score (nSPS) is 12.5. The number of rotatable bonds is 6. The minimum Gasteiger partial charge on any atom is -0.490 e. The van der Waals surface area contributed by atoms with Crippen molar-refractivity contribution in [2.24, 2.45) is 0 Å². The van der Waals surface area contributed by atoms with E-state index < -0.39 is 0 Å². The summed E-state index contributed by atoms with van der Waals surface area (Å²) in [5, 5.41) is 5.50. The minimum atomic E-state index is -0.306. The van der Waals surface area contributed by atoms with E-state index in [0.29, 0.717) is 47.4 Å². The van der Waals surface area contributed by atoms with Crippen molar-refractivity contribution < 1.29 is 23.8 Å². The molecule has 0 aliphatic carbocycles. The summed E-state index contributed by atoms with van der Waals surface area (Å²) in [7, 11) is 0. The van der Waals surface area contributed by atoms with Crippen LogP contribution < -0.4 is 24.8 Å². The average molecular weight is 356 g/mol. The fourth-order valence-electron chi connectivity index (χ4n) is 2.56. The molecule has 0 atom stereocenters. The molecule has 7 heteroatoms. The standard InChI is InChI=1S/C19H20N2O5/c1-3-24-16-8-6-13(10-17(16)25-4-2)20-19(23)12-5-7-15-14(9-12)21-18(22)11-26-15/h5-10H,3-4,11H2,1-2H3,(H,20,23)(H,21,22). The number of hydrogen-bond donors (Lipinski definition) is 2. The zero-order valence-corrected chi connectivity index (χ0v) is 14.6. The van der Waals surface area contributed by atoms with Crippen molar-refractivity contribution >= 4 is 23.2 Å². The summed E-state index contributed by atoms with van der Waals surface area (Å²) in [6.45, 7) is 4.76. The van der Waals surface area contributed by atoms with Gasteiger partial charge in [-0.15, -0.1) is 0 Å². The van der Waals surface area contributed by atoms with Gasteiger partial charge in [-0.3, -0.25) is 9.59 Å². The van der Waals surface area contributed by atoms with Crippen LogP contribution in [0.25, 0.3) is 0 Å². The second-order valence-corrected chi connectivity index (χ2v) is 5.53. The number of anilines is 2. The van der Waals surface area contributed by atoms with Crippen LogP contribution in [-0.2, 0) is 4.79 Å². The fourth-order valence-corrected chi connectivity index (χ4v) is 2.56. The molecule has 1 aliphatic heterocycles. The highest BCUT2D eigenvalue weighted by Gasteiger charge is 2.18. The van der Waals surface area contributed by atoms with Gasteiger partial charge in [-0.1, -0.05) is 0 Å². The Balaban J connectivity index is 1.78. The predicted octanol–water partition coefficient (Wildman–Crippen LogP) is 3.07. The van der Waals surface area contributed by atoms with Gasteiger partial charge in [-0.2, -0.15) is 0 Å². The molecular formula is C19H20N2O5. The van der Waals surface area contributed by atoms with E-state index in [4.69, 9.17) is 14.2 Å². The third-order valence-electron chi connectivity index (χ3n) is 3.68. The number of ether oxygens (including phenoxy) is 3. The molecule has 136 valence electrons. The van der Waals surface area contributed by atoms with E-state index in [9.17, 15) is 9.59 Å².